The molecule has 0 saturated carbocycles. The lowest BCUT2D eigenvalue weighted by Crippen LogP contribution is -2.47. The second kappa shape index (κ2) is 9.24. The Bertz CT molecular complexity index is 764. The summed E-state index contributed by atoms with van der Waals surface area (Å²) >= 11 is 0. The highest BCUT2D eigenvalue weighted by atomic mass is 16.5. The number of nitrogens with one attached hydrogen (secondary N) is 2. The lowest BCUT2D eigenvalue weighted by Gasteiger charge is -2.40. The van der Waals surface area contributed by atoms with Crippen LogP contribution in [-0.2, 0) is 11.3 Å². The molecule has 0 aliphatic carbocycles. The number of rotatable bonds is 5. The molecule has 0 radical (unpaired) electrons. The van der Waals surface area contributed by atoms with Crippen molar-refractivity contribution in [2.45, 2.75) is 46.3 Å². The van der Waals surface area contributed by atoms with Gasteiger partial charge in [0.25, 0.3) is 0 Å². The van der Waals surface area contributed by atoms with Gasteiger partial charge in [-0.15, -0.1) is 0 Å². The van der Waals surface area contributed by atoms with Gasteiger partial charge in [-0.3, -0.25) is 4.99 Å². The minimum absolute atomic E-state index is 0.137. The van der Waals surface area contributed by atoms with E-state index in [1.54, 1.807) is 7.05 Å². The van der Waals surface area contributed by atoms with E-state index in [1.165, 1.54) is 6.42 Å². The van der Waals surface area contributed by atoms with Crippen molar-refractivity contribution in [2.75, 3.05) is 20.2 Å². The first-order chi connectivity index (χ1) is 13.5. The number of benzene rings is 1. The first kappa shape index (κ1) is 20.4. The van der Waals surface area contributed by atoms with Gasteiger partial charge in [0.15, 0.2) is 11.7 Å². The zero-order valence-electron chi connectivity index (χ0n) is 17.4. The Balaban J connectivity index is 1.52. The zero-order valence-corrected chi connectivity index (χ0v) is 17.4. The minimum Gasteiger partial charge on any atom is -0.377 e. The topological polar surface area (TPSA) is 71.7 Å². The van der Waals surface area contributed by atoms with E-state index < -0.39 is 0 Å². The van der Waals surface area contributed by atoms with Crippen molar-refractivity contribution in [3.05, 3.63) is 42.1 Å². The van der Waals surface area contributed by atoms with E-state index in [9.17, 15) is 0 Å². The fourth-order valence-corrected chi connectivity index (χ4v) is 3.77. The van der Waals surface area contributed by atoms with Crippen molar-refractivity contribution < 1.29 is 9.26 Å². The second-order valence-electron chi connectivity index (χ2n) is 8.41. The van der Waals surface area contributed by atoms with Gasteiger partial charge in [0, 0.05) is 37.7 Å². The Morgan fingerprint density at radius 1 is 1.21 bits per heavy atom. The van der Waals surface area contributed by atoms with Crippen LogP contribution in [0.5, 0.6) is 0 Å². The number of aliphatic imine (C=N–C) groups is 1. The summed E-state index contributed by atoms with van der Waals surface area (Å²) in [6.07, 6.45) is 2.55. The molecule has 2 heterocycles. The first-order valence-corrected chi connectivity index (χ1v) is 10.0. The smallest absolute Gasteiger partial charge is 0.191 e. The number of ether oxygens (including phenoxy) is 1. The number of nitrogens with zero attached hydrogens (tertiary/aromatic N) is 2. The van der Waals surface area contributed by atoms with Crippen LogP contribution in [0.4, 0.5) is 0 Å². The molecule has 1 fully saturated rings. The van der Waals surface area contributed by atoms with Crippen LogP contribution in [0.15, 0.2) is 45.9 Å². The molecule has 3 rings (SSSR count). The van der Waals surface area contributed by atoms with E-state index in [0.29, 0.717) is 12.5 Å². The van der Waals surface area contributed by atoms with Crippen molar-refractivity contribution >= 4 is 5.96 Å². The van der Waals surface area contributed by atoms with Crippen LogP contribution in [0.2, 0.25) is 0 Å². The van der Waals surface area contributed by atoms with Gasteiger partial charge in [0.05, 0.1) is 12.6 Å². The summed E-state index contributed by atoms with van der Waals surface area (Å²) in [5, 5.41) is 10.9. The fourth-order valence-electron chi connectivity index (χ4n) is 3.77. The standard InChI is InChI=1S/C22H32N4O2/c1-22(2,3)20-17(11-8-12-27-20)14-24-21(23-4)25-15-18-13-19(28-26-18)16-9-6-5-7-10-16/h5-7,9-10,13,17,20H,8,11-12,14-15H2,1-4H3,(H2,23,24,25). The number of aromatic nitrogens is 1. The SMILES string of the molecule is CN=C(NCc1cc(-c2ccccc2)on1)NCC1CCCOC1C(C)(C)C. The summed E-state index contributed by atoms with van der Waals surface area (Å²) in [7, 11) is 1.78. The normalized spacial score (nSPS) is 20.8. The number of hydrogen-bond donors (Lipinski definition) is 2. The Morgan fingerprint density at radius 3 is 2.71 bits per heavy atom. The van der Waals surface area contributed by atoms with Crippen LogP contribution < -0.4 is 10.6 Å². The third-order valence-electron chi connectivity index (χ3n) is 5.11. The molecule has 28 heavy (non-hydrogen) atoms. The average molecular weight is 385 g/mol. The van der Waals surface area contributed by atoms with Crippen molar-refractivity contribution in [3.63, 3.8) is 0 Å². The molecule has 1 aliphatic heterocycles. The zero-order chi connectivity index (χ0) is 20.0. The maximum atomic E-state index is 6.07. The molecule has 1 saturated heterocycles. The van der Waals surface area contributed by atoms with E-state index in [0.717, 1.165) is 42.5 Å². The van der Waals surface area contributed by atoms with Crippen LogP contribution in [0, 0.1) is 11.3 Å². The Labute approximate surface area is 167 Å². The predicted molar refractivity (Wildman–Crippen MR) is 112 cm³/mol. The molecule has 2 aromatic rings. The van der Waals surface area contributed by atoms with Gasteiger partial charge in [-0.05, 0) is 18.3 Å². The Morgan fingerprint density at radius 2 is 2.00 bits per heavy atom. The highest BCUT2D eigenvalue weighted by molar-refractivity contribution is 5.79. The molecule has 0 amide bonds. The molecular weight excluding hydrogens is 352 g/mol. The van der Waals surface area contributed by atoms with Crippen molar-refractivity contribution in [2.24, 2.45) is 16.3 Å². The monoisotopic (exact) mass is 384 g/mol. The summed E-state index contributed by atoms with van der Waals surface area (Å²) in [5.74, 6) is 2.01. The van der Waals surface area contributed by atoms with Gasteiger partial charge in [-0.25, -0.2) is 0 Å². The quantitative estimate of drug-likeness (QED) is 0.605. The molecule has 6 heteroatoms. The molecule has 6 nitrogen and oxygen atoms in total. The summed E-state index contributed by atoms with van der Waals surface area (Å²) in [4.78, 5) is 4.33. The lowest BCUT2D eigenvalue weighted by molar-refractivity contribution is -0.0835. The minimum atomic E-state index is 0.137. The number of hydrogen-bond acceptors (Lipinski definition) is 4. The summed E-state index contributed by atoms with van der Waals surface area (Å²) in [6.45, 7) is 9.00. The second-order valence-corrected chi connectivity index (χ2v) is 8.41. The molecule has 0 bridgehead atoms. The van der Waals surface area contributed by atoms with E-state index in [4.69, 9.17) is 9.26 Å². The van der Waals surface area contributed by atoms with Gasteiger partial charge in [0.1, 0.15) is 5.69 Å². The maximum Gasteiger partial charge on any atom is 0.191 e. The predicted octanol–water partition coefficient (Wildman–Crippen LogP) is 3.85. The van der Waals surface area contributed by atoms with Gasteiger partial charge in [-0.1, -0.05) is 56.3 Å². The molecule has 1 aromatic carbocycles. The molecule has 2 unspecified atom stereocenters. The van der Waals surface area contributed by atoms with E-state index in [-0.39, 0.29) is 11.5 Å². The van der Waals surface area contributed by atoms with Crippen molar-refractivity contribution in [3.8, 4) is 11.3 Å². The summed E-state index contributed by atoms with van der Waals surface area (Å²) in [6, 6.07) is 11.9. The van der Waals surface area contributed by atoms with E-state index in [2.05, 4.69) is 41.6 Å². The average Bonchev–Trinajstić information content (AvgIpc) is 3.17. The molecule has 152 valence electrons. The van der Waals surface area contributed by atoms with Crippen LogP contribution in [0.1, 0.15) is 39.3 Å². The largest absolute Gasteiger partial charge is 0.377 e. The van der Waals surface area contributed by atoms with Gasteiger partial charge >= 0.3 is 0 Å². The van der Waals surface area contributed by atoms with Crippen LogP contribution in [0.3, 0.4) is 0 Å². The number of guanidine groups is 1. The van der Waals surface area contributed by atoms with Gasteiger partial charge in [-0.2, -0.15) is 0 Å². The molecule has 2 atom stereocenters. The maximum absolute atomic E-state index is 6.07. The first-order valence-electron chi connectivity index (χ1n) is 10.0. The fraction of sp³-hybridized carbons (Fsp3) is 0.545. The van der Waals surface area contributed by atoms with E-state index in [1.807, 2.05) is 36.4 Å². The molecule has 0 spiro atoms. The lowest BCUT2D eigenvalue weighted by atomic mass is 9.78. The Kier molecular flexibility index (Phi) is 6.73. The molecule has 2 N–H and O–H groups in total. The molecule has 1 aromatic heterocycles. The van der Waals surface area contributed by atoms with Crippen LogP contribution >= 0.6 is 0 Å². The highest BCUT2D eigenvalue weighted by Crippen LogP contribution is 2.33. The molecule has 1 aliphatic rings. The molecular formula is C22H32N4O2. The van der Waals surface area contributed by atoms with Gasteiger partial charge in [0.2, 0.25) is 0 Å². The highest BCUT2D eigenvalue weighted by Gasteiger charge is 2.35. The van der Waals surface area contributed by atoms with Crippen molar-refractivity contribution in [1.82, 2.24) is 15.8 Å². The van der Waals surface area contributed by atoms with Crippen LogP contribution in [-0.4, -0.2) is 37.4 Å². The Hall–Kier alpha value is -2.34. The third-order valence-corrected chi connectivity index (χ3v) is 5.11. The van der Waals surface area contributed by atoms with Crippen LogP contribution in [0.25, 0.3) is 11.3 Å². The third kappa shape index (κ3) is 5.35. The van der Waals surface area contributed by atoms with E-state index >= 15 is 0 Å². The summed E-state index contributed by atoms with van der Waals surface area (Å²) in [5.41, 5.74) is 2.00. The van der Waals surface area contributed by atoms with Gasteiger partial charge < -0.3 is 19.9 Å². The summed E-state index contributed by atoms with van der Waals surface area (Å²) < 4.78 is 11.5. The van der Waals surface area contributed by atoms with Crippen molar-refractivity contribution in [1.29, 1.82) is 0 Å².